The van der Waals surface area contributed by atoms with E-state index >= 15 is 0 Å². The lowest BCUT2D eigenvalue weighted by Gasteiger charge is -2.07. The lowest BCUT2D eigenvalue weighted by atomic mass is 10.2. The van der Waals surface area contributed by atoms with Gasteiger partial charge in [0.1, 0.15) is 0 Å². The molecule has 1 unspecified atom stereocenters. The average molecular weight is 291 g/mol. The van der Waals surface area contributed by atoms with Crippen LogP contribution in [-0.4, -0.2) is 4.57 Å². The summed E-state index contributed by atoms with van der Waals surface area (Å²) in [5.74, 6) is 0. The predicted octanol–water partition coefficient (Wildman–Crippen LogP) is 4.17. The molecular weight excluding hydrogens is 277 g/mol. The Bertz CT molecular complexity index is 901. The molecule has 0 spiro atoms. The monoisotopic (exact) mass is 291 g/mol. The first-order chi connectivity index (χ1) is 10.4. The summed E-state index contributed by atoms with van der Waals surface area (Å²) in [4.78, 5) is 0. The average Bonchev–Trinajstić information content (AvgIpc) is 2.90. The van der Waals surface area contributed by atoms with Gasteiger partial charge in [-0.2, -0.15) is 0 Å². The van der Waals surface area contributed by atoms with Gasteiger partial charge in [0.2, 0.25) is 0 Å². The highest BCUT2D eigenvalue weighted by atomic mass is 31.1. The van der Waals surface area contributed by atoms with E-state index in [0.29, 0.717) is 0 Å². The van der Waals surface area contributed by atoms with Gasteiger partial charge >= 0.3 is 0 Å². The summed E-state index contributed by atoms with van der Waals surface area (Å²) >= 11 is 0. The Balaban J connectivity index is 2.11. The summed E-state index contributed by atoms with van der Waals surface area (Å²) < 4.78 is 13.3. The molecule has 0 fully saturated rings. The molecule has 102 valence electrons. The Labute approximate surface area is 123 Å². The van der Waals surface area contributed by atoms with E-state index in [1.54, 1.807) is 0 Å². The second kappa shape index (κ2) is 4.91. The van der Waals surface area contributed by atoms with Crippen molar-refractivity contribution in [3.05, 3.63) is 72.8 Å². The Hall–Kier alpha value is -2.31. The van der Waals surface area contributed by atoms with Gasteiger partial charge < -0.3 is 9.13 Å². The van der Waals surface area contributed by atoms with Gasteiger partial charge in [-0.25, -0.2) is 0 Å². The first-order valence-electron chi connectivity index (χ1n) is 6.92. The number of nitrogens with zero attached hydrogens (tertiary/aromatic N) is 1. The minimum atomic E-state index is -0.869. The number of para-hydroxylation sites is 2. The van der Waals surface area contributed by atoms with Gasteiger partial charge in [0.15, 0.2) is 0 Å². The maximum atomic E-state index is 11.0. The SMILES string of the molecule is O=[PH2]c1ccc(-n2c3ccccc3c3ccccc32)cc1. The van der Waals surface area contributed by atoms with Crippen LogP contribution >= 0.6 is 8.46 Å². The number of benzene rings is 3. The van der Waals surface area contributed by atoms with Crippen LogP contribution in [0.25, 0.3) is 27.5 Å². The maximum absolute atomic E-state index is 11.0. The smallest absolute Gasteiger partial charge is 0.0921 e. The Morgan fingerprint density at radius 2 is 1.19 bits per heavy atom. The molecule has 3 aromatic carbocycles. The first kappa shape index (κ1) is 12.4. The van der Waals surface area contributed by atoms with E-state index in [1.165, 1.54) is 21.8 Å². The fourth-order valence-corrected chi connectivity index (χ4v) is 3.25. The zero-order valence-corrected chi connectivity index (χ0v) is 12.5. The zero-order valence-electron chi connectivity index (χ0n) is 11.4. The highest BCUT2D eigenvalue weighted by Crippen LogP contribution is 2.31. The van der Waals surface area contributed by atoms with Gasteiger partial charge in [0.25, 0.3) is 0 Å². The molecule has 0 bridgehead atoms. The van der Waals surface area contributed by atoms with Crippen LogP contribution in [-0.2, 0) is 4.57 Å². The summed E-state index contributed by atoms with van der Waals surface area (Å²) in [5.41, 5.74) is 3.49. The molecule has 0 radical (unpaired) electrons. The highest BCUT2D eigenvalue weighted by Gasteiger charge is 2.10. The van der Waals surface area contributed by atoms with Gasteiger partial charge in [0.05, 0.1) is 19.5 Å². The van der Waals surface area contributed by atoms with Crippen LogP contribution in [0, 0.1) is 0 Å². The molecule has 0 aliphatic rings. The molecule has 4 aromatic rings. The summed E-state index contributed by atoms with van der Waals surface area (Å²) in [7, 11) is -0.869. The van der Waals surface area contributed by atoms with Crippen LogP contribution in [0.1, 0.15) is 0 Å². The van der Waals surface area contributed by atoms with Crippen LogP contribution in [0.3, 0.4) is 0 Å². The van der Waals surface area contributed by atoms with Gasteiger partial charge in [0, 0.05) is 21.8 Å². The van der Waals surface area contributed by atoms with Crippen LogP contribution in [0.15, 0.2) is 72.8 Å². The molecule has 1 heterocycles. The number of hydrogen-bond acceptors (Lipinski definition) is 1. The molecule has 0 amide bonds. The topological polar surface area (TPSA) is 22.0 Å². The normalized spacial score (nSPS) is 11.8. The molecule has 4 rings (SSSR count). The van der Waals surface area contributed by atoms with Crippen molar-refractivity contribution in [2.75, 3.05) is 0 Å². The van der Waals surface area contributed by atoms with Crippen LogP contribution in [0.5, 0.6) is 0 Å². The van der Waals surface area contributed by atoms with E-state index in [-0.39, 0.29) is 0 Å². The summed E-state index contributed by atoms with van der Waals surface area (Å²) in [5, 5.41) is 3.41. The molecule has 21 heavy (non-hydrogen) atoms. The molecule has 0 aliphatic heterocycles. The summed E-state index contributed by atoms with van der Waals surface area (Å²) in [6, 6.07) is 24.8. The second-order valence-corrected chi connectivity index (χ2v) is 5.98. The van der Waals surface area contributed by atoms with Crippen molar-refractivity contribution in [1.82, 2.24) is 4.57 Å². The van der Waals surface area contributed by atoms with Gasteiger partial charge in [-0.1, -0.05) is 36.4 Å². The number of aromatic nitrogens is 1. The van der Waals surface area contributed by atoms with E-state index in [4.69, 9.17) is 0 Å². The zero-order chi connectivity index (χ0) is 14.2. The second-order valence-electron chi connectivity index (χ2n) is 5.08. The fourth-order valence-electron chi connectivity index (χ4n) is 2.90. The van der Waals surface area contributed by atoms with Gasteiger partial charge in [-0.15, -0.1) is 0 Å². The molecule has 1 atom stereocenters. The lowest BCUT2D eigenvalue weighted by Crippen LogP contribution is -1.96. The maximum Gasteiger partial charge on any atom is 0.0921 e. The van der Waals surface area contributed by atoms with Crippen molar-refractivity contribution in [3.63, 3.8) is 0 Å². The molecular formula is C18H14NOP. The van der Waals surface area contributed by atoms with Crippen molar-refractivity contribution in [3.8, 4) is 5.69 Å². The molecule has 1 aromatic heterocycles. The predicted molar refractivity (Wildman–Crippen MR) is 90.8 cm³/mol. The van der Waals surface area contributed by atoms with Crippen molar-refractivity contribution in [1.29, 1.82) is 0 Å². The minimum absolute atomic E-state index is 0.869. The van der Waals surface area contributed by atoms with Crippen molar-refractivity contribution in [2.24, 2.45) is 0 Å². The van der Waals surface area contributed by atoms with Crippen molar-refractivity contribution >= 4 is 35.6 Å². The molecule has 0 aliphatic carbocycles. The van der Waals surface area contributed by atoms with Crippen molar-refractivity contribution in [2.45, 2.75) is 0 Å². The quantitative estimate of drug-likeness (QED) is 0.508. The third-order valence-electron chi connectivity index (χ3n) is 3.87. The number of rotatable bonds is 2. The third-order valence-corrected chi connectivity index (χ3v) is 4.52. The third kappa shape index (κ3) is 1.91. The van der Waals surface area contributed by atoms with E-state index in [0.717, 1.165) is 11.0 Å². The van der Waals surface area contributed by atoms with Crippen LogP contribution in [0.2, 0.25) is 0 Å². The minimum Gasteiger partial charge on any atom is -0.325 e. The Morgan fingerprint density at radius 3 is 1.71 bits per heavy atom. The first-order valence-corrected chi connectivity index (χ1v) is 7.97. The molecule has 0 saturated carbocycles. The lowest BCUT2D eigenvalue weighted by molar-refractivity contribution is 0.603. The summed E-state index contributed by atoms with van der Waals surface area (Å²) in [6.07, 6.45) is 0. The van der Waals surface area contributed by atoms with Crippen LogP contribution in [0.4, 0.5) is 0 Å². The molecule has 3 heteroatoms. The van der Waals surface area contributed by atoms with Crippen molar-refractivity contribution < 1.29 is 4.57 Å². The van der Waals surface area contributed by atoms with E-state index < -0.39 is 8.46 Å². The number of fused-ring (bicyclic) bond motifs is 3. The summed E-state index contributed by atoms with van der Waals surface area (Å²) in [6.45, 7) is 0. The van der Waals surface area contributed by atoms with Gasteiger partial charge in [-0.3, -0.25) is 0 Å². The Kier molecular flexibility index (Phi) is 2.90. The molecule has 0 saturated heterocycles. The fraction of sp³-hybridized carbons (Fsp3) is 0. The standard InChI is InChI=1S/C18H14NOP/c20-21-14-11-9-13(10-12-14)19-17-7-3-1-5-15(17)16-6-2-4-8-18(16)19/h1-12H,21H2. The largest absolute Gasteiger partial charge is 0.325 e. The Morgan fingerprint density at radius 1 is 0.667 bits per heavy atom. The van der Waals surface area contributed by atoms with Gasteiger partial charge in [-0.05, 0) is 36.4 Å². The number of hydrogen-bond donors (Lipinski definition) is 0. The van der Waals surface area contributed by atoms with E-state index in [1.807, 2.05) is 24.3 Å². The highest BCUT2D eigenvalue weighted by molar-refractivity contribution is 7.34. The molecule has 0 N–H and O–H groups in total. The van der Waals surface area contributed by atoms with Crippen LogP contribution < -0.4 is 5.30 Å². The van der Waals surface area contributed by atoms with E-state index in [9.17, 15) is 4.57 Å². The molecule has 2 nitrogen and oxygen atoms in total. The van der Waals surface area contributed by atoms with E-state index in [2.05, 4.69) is 53.1 Å².